The van der Waals surface area contributed by atoms with Gasteiger partial charge in [0.25, 0.3) is 0 Å². The number of aryl methyl sites for hydroxylation is 1. The molecule has 4 nitrogen and oxygen atoms in total. The lowest BCUT2D eigenvalue weighted by atomic mass is 9.89. The monoisotopic (exact) mass is 258 g/mol. The number of aliphatic hydroxyl groups is 1. The average molecular weight is 258 g/mol. The van der Waals surface area contributed by atoms with Gasteiger partial charge in [-0.3, -0.25) is 4.79 Å². The lowest BCUT2D eigenvalue weighted by Gasteiger charge is -2.31. The number of nitrogens with one attached hydrogen (secondary N) is 2. The van der Waals surface area contributed by atoms with Gasteiger partial charge in [-0.05, 0) is 31.4 Å². The molecule has 19 heavy (non-hydrogen) atoms. The Kier molecular flexibility index (Phi) is 3.03. The Bertz CT molecular complexity index is 612. The smallest absolute Gasteiger partial charge is 0.224 e. The zero-order valence-electron chi connectivity index (χ0n) is 10.9. The van der Waals surface area contributed by atoms with E-state index in [-0.39, 0.29) is 18.1 Å². The van der Waals surface area contributed by atoms with Crippen LogP contribution in [0.25, 0.3) is 10.9 Å². The van der Waals surface area contributed by atoms with Crippen LogP contribution in [-0.4, -0.2) is 28.1 Å². The number of amides is 1. The quantitative estimate of drug-likeness (QED) is 0.784. The predicted molar refractivity (Wildman–Crippen MR) is 73.9 cm³/mol. The van der Waals surface area contributed by atoms with Crippen molar-refractivity contribution in [1.29, 1.82) is 0 Å². The Morgan fingerprint density at radius 1 is 1.42 bits per heavy atom. The second-order valence-corrected chi connectivity index (χ2v) is 5.34. The highest BCUT2D eigenvalue weighted by Gasteiger charge is 2.28. The number of benzene rings is 1. The SMILES string of the molecule is Cc1[nH]c2ccccc2c1CC(=O)NC1CC(O)C1. The van der Waals surface area contributed by atoms with Crippen molar-refractivity contribution in [3.05, 3.63) is 35.5 Å². The van der Waals surface area contributed by atoms with Gasteiger partial charge in [0.05, 0.1) is 12.5 Å². The van der Waals surface area contributed by atoms with Crippen molar-refractivity contribution >= 4 is 16.8 Å². The minimum atomic E-state index is -0.236. The van der Waals surface area contributed by atoms with Crippen LogP contribution >= 0.6 is 0 Å². The summed E-state index contributed by atoms with van der Waals surface area (Å²) < 4.78 is 0. The average Bonchev–Trinajstić information content (AvgIpc) is 2.64. The van der Waals surface area contributed by atoms with Gasteiger partial charge in [0.1, 0.15) is 0 Å². The minimum absolute atomic E-state index is 0.0322. The second-order valence-electron chi connectivity index (χ2n) is 5.34. The summed E-state index contributed by atoms with van der Waals surface area (Å²) in [4.78, 5) is 15.3. The number of para-hydroxylation sites is 1. The number of aromatic nitrogens is 1. The number of aliphatic hydroxyl groups excluding tert-OH is 1. The molecule has 0 aliphatic heterocycles. The predicted octanol–water partition coefficient (Wildman–Crippen LogP) is 1.66. The fourth-order valence-electron chi connectivity index (χ4n) is 2.71. The first-order valence-corrected chi connectivity index (χ1v) is 6.67. The van der Waals surface area contributed by atoms with E-state index in [1.54, 1.807) is 0 Å². The fraction of sp³-hybridized carbons (Fsp3) is 0.400. The summed E-state index contributed by atoms with van der Waals surface area (Å²) in [5.41, 5.74) is 3.18. The van der Waals surface area contributed by atoms with Crippen molar-refractivity contribution in [2.24, 2.45) is 0 Å². The molecule has 1 fully saturated rings. The van der Waals surface area contributed by atoms with Crippen LogP contribution in [0, 0.1) is 6.92 Å². The third-order valence-corrected chi connectivity index (χ3v) is 3.84. The zero-order chi connectivity index (χ0) is 13.4. The van der Waals surface area contributed by atoms with Gasteiger partial charge in [-0.15, -0.1) is 0 Å². The lowest BCUT2D eigenvalue weighted by molar-refractivity contribution is -0.122. The van der Waals surface area contributed by atoms with Crippen LogP contribution in [0.4, 0.5) is 0 Å². The number of hydrogen-bond donors (Lipinski definition) is 3. The minimum Gasteiger partial charge on any atom is -0.393 e. The Morgan fingerprint density at radius 3 is 2.89 bits per heavy atom. The number of aromatic amines is 1. The molecule has 0 bridgehead atoms. The fourth-order valence-corrected chi connectivity index (χ4v) is 2.71. The van der Waals surface area contributed by atoms with Crippen molar-refractivity contribution in [2.75, 3.05) is 0 Å². The molecule has 1 aliphatic rings. The van der Waals surface area contributed by atoms with Crippen LogP contribution in [-0.2, 0) is 11.2 Å². The van der Waals surface area contributed by atoms with E-state index in [0.717, 1.165) is 22.2 Å². The first-order valence-electron chi connectivity index (χ1n) is 6.67. The van der Waals surface area contributed by atoms with Crippen molar-refractivity contribution in [1.82, 2.24) is 10.3 Å². The summed E-state index contributed by atoms with van der Waals surface area (Å²) in [6, 6.07) is 8.17. The van der Waals surface area contributed by atoms with E-state index in [4.69, 9.17) is 0 Å². The molecule has 0 unspecified atom stereocenters. The number of H-pyrrole nitrogens is 1. The van der Waals surface area contributed by atoms with Gasteiger partial charge in [-0.1, -0.05) is 18.2 Å². The van der Waals surface area contributed by atoms with E-state index in [9.17, 15) is 9.90 Å². The van der Waals surface area contributed by atoms with Crippen LogP contribution in [0.3, 0.4) is 0 Å². The van der Waals surface area contributed by atoms with Crippen LogP contribution < -0.4 is 5.32 Å². The van der Waals surface area contributed by atoms with Gasteiger partial charge in [0.15, 0.2) is 0 Å². The van der Waals surface area contributed by atoms with Crippen molar-refractivity contribution in [3.8, 4) is 0 Å². The van der Waals surface area contributed by atoms with Gasteiger partial charge in [-0.25, -0.2) is 0 Å². The number of rotatable bonds is 3. The van der Waals surface area contributed by atoms with Crippen LogP contribution in [0.15, 0.2) is 24.3 Å². The third kappa shape index (κ3) is 2.36. The first kappa shape index (κ1) is 12.2. The van der Waals surface area contributed by atoms with Crippen molar-refractivity contribution in [3.63, 3.8) is 0 Å². The van der Waals surface area contributed by atoms with E-state index in [0.29, 0.717) is 19.3 Å². The van der Waals surface area contributed by atoms with Crippen molar-refractivity contribution < 1.29 is 9.90 Å². The zero-order valence-corrected chi connectivity index (χ0v) is 10.9. The highest BCUT2D eigenvalue weighted by atomic mass is 16.3. The topological polar surface area (TPSA) is 65.1 Å². The van der Waals surface area contributed by atoms with Gasteiger partial charge in [-0.2, -0.15) is 0 Å². The maximum absolute atomic E-state index is 12.0. The Hall–Kier alpha value is -1.81. The summed E-state index contributed by atoms with van der Waals surface area (Å²) in [6.45, 7) is 2.00. The van der Waals surface area contributed by atoms with E-state index in [1.165, 1.54) is 0 Å². The Morgan fingerprint density at radius 2 is 2.16 bits per heavy atom. The molecule has 1 amide bonds. The molecule has 1 aromatic heterocycles. The molecule has 0 spiro atoms. The summed E-state index contributed by atoms with van der Waals surface area (Å²) >= 11 is 0. The largest absolute Gasteiger partial charge is 0.393 e. The summed E-state index contributed by atoms with van der Waals surface area (Å²) in [7, 11) is 0. The van der Waals surface area contributed by atoms with Crippen LogP contribution in [0.2, 0.25) is 0 Å². The molecule has 0 radical (unpaired) electrons. The summed E-state index contributed by atoms with van der Waals surface area (Å²) in [5, 5.41) is 13.3. The molecule has 4 heteroatoms. The molecule has 0 saturated heterocycles. The van der Waals surface area contributed by atoms with Gasteiger partial charge < -0.3 is 15.4 Å². The number of fused-ring (bicyclic) bond motifs is 1. The molecule has 3 N–H and O–H groups in total. The number of carbonyl (C=O) groups is 1. The van der Waals surface area contributed by atoms with E-state index < -0.39 is 0 Å². The summed E-state index contributed by atoms with van der Waals surface area (Å²) in [5.74, 6) is 0.0322. The maximum Gasteiger partial charge on any atom is 0.224 e. The molecule has 3 rings (SSSR count). The normalized spacial score (nSPS) is 22.2. The van der Waals surface area contributed by atoms with Crippen LogP contribution in [0.5, 0.6) is 0 Å². The molecular formula is C15H18N2O2. The second kappa shape index (κ2) is 4.70. The number of carbonyl (C=O) groups excluding carboxylic acids is 1. The van der Waals surface area contributed by atoms with Gasteiger partial charge in [0, 0.05) is 22.6 Å². The van der Waals surface area contributed by atoms with Crippen molar-refractivity contribution in [2.45, 2.75) is 38.3 Å². The lowest BCUT2D eigenvalue weighted by Crippen LogP contribution is -2.47. The first-order chi connectivity index (χ1) is 9.13. The van der Waals surface area contributed by atoms with E-state index in [2.05, 4.69) is 10.3 Å². The molecule has 1 saturated carbocycles. The van der Waals surface area contributed by atoms with Gasteiger partial charge >= 0.3 is 0 Å². The standard InChI is InChI=1S/C15H18N2O2/c1-9-13(12-4-2-3-5-14(12)16-9)8-15(19)17-10-6-11(18)7-10/h2-5,10-11,16,18H,6-8H2,1H3,(H,17,19). The molecule has 2 aromatic rings. The molecule has 0 atom stereocenters. The highest BCUT2D eigenvalue weighted by Crippen LogP contribution is 2.23. The van der Waals surface area contributed by atoms with E-state index in [1.807, 2.05) is 31.2 Å². The molecule has 1 aliphatic carbocycles. The molecule has 1 aromatic carbocycles. The van der Waals surface area contributed by atoms with Gasteiger partial charge in [0.2, 0.25) is 5.91 Å². The molecular weight excluding hydrogens is 240 g/mol. The molecule has 1 heterocycles. The maximum atomic E-state index is 12.0. The number of hydrogen-bond acceptors (Lipinski definition) is 2. The molecule has 100 valence electrons. The summed E-state index contributed by atoms with van der Waals surface area (Å²) in [6.07, 6.45) is 1.51. The highest BCUT2D eigenvalue weighted by molar-refractivity contribution is 5.90. The Labute approximate surface area is 111 Å². The third-order valence-electron chi connectivity index (χ3n) is 3.84. The Balaban J connectivity index is 1.74. The van der Waals surface area contributed by atoms with E-state index >= 15 is 0 Å². The van der Waals surface area contributed by atoms with Crippen LogP contribution in [0.1, 0.15) is 24.1 Å².